The van der Waals surface area contributed by atoms with Crippen LogP contribution in [0.3, 0.4) is 0 Å². The van der Waals surface area contributed by atoms with E-state index in [0.717, 1.165) is 5.70 Å². The molecule has 0 saturated carbocycles. The van der Waals surface area contributed by atoms with Gasteiger partial charge in [0.05, 0.1) is 5.70 Å². The fourth-order valence-corrected chi connectivity index (χ4v) is 0.995. The van der Waals surface area contributed by atoms with Gasteiger partial charge in [0.1, 0.15) is 5.84 Å². The predicted molar refractivity (Wildman–Crippen MR) is 80.3 cm³/mol. The van der Waals surface area contributed by atoms with Crippen molar-refractivity contribution in [2.45, 2.75) is 20.8 Å². The molecule has 0 aromatic carbocycles. The summed E-state index contributed by atoms with van der Waals surface area (Å²) < 4.78 is 0. The van der Waals surface area contributed by atoms with E-state index in [1.165, 1.54) is 0 Å². The molecule has 0 heterocycles. The number of hydrogen-bond acceptors (Lipinski definition) is 1. The van der Waals surface area contributed by atoms with Crippen LogP contribution in [0.4, 0.5) is 0 Å². The lowest BCUT2D eigenvalue weighted by Crippen LogP contribution is -2.32. The highest BCUT2D eigenvalue weighted by molar-refractivity contribution is 5.95. The zero-order chi connectivity index (χ0) is 14.1. The van der Waals surface area contributed by atoms with Crippen molar-refractivity contribution in [3.8, 4) is 0 Å². The normalized spacial score (nSPS) is 13.4. The summed E-state index contributed by atoms with van der Waals surface area (Å²) in [6, 6.07) is 0. The summed E-state index contributed by atoms with van der Waals surface area (Å²) in [6.07, 6.45) is 5.00. The second-order valence-corrected chi connectivity index (χ2v) is 3.99. The lowest BCUT2D eigenvalue weighted by molar-refractivity contribution is 0.729. The van der Waals surface area contributed by atoms with Gasteiger partial charge in [0, 0.05) is 5.70 Å². The van der Waals surface area contributed by atoms with Crippen molar-refractivity contribution in [3.63, 3.8) is 0 Å². The Morgan fingerprint density at radius 1 is 1.28 bits per heavy atom. The molecule has 0 saturated heterocycles. The predicted octanol–water partition coefficient (Wildman–Crippen LogP) is 2.73. The molecule has 98 valence electrons. The van der Waals surface area contributed by atoms with Crippen LogP contribution in [-0.4, -0.2) is 11.8 Å². The molecular formula is C14H22N4. The van der Waals surface area contributed by atoms with Crippen LogP contribution < -0.4 is 11.1 Å². The van der Waals surface area contributed by atoms with Crippen LogP contribution in [0.15, 0.2) is 59.3 Å². The first-order chi connectivity index (χ1) is 8.40. The summed E-state index contributed by atoms with van der Waals surface area (Å²) >= 11 is 0. The topological polar surface area (TPSA) is 62.8 Å². The molecule has 0 rings (SSSR count). The van der Waals surface area contributed by atoms with Crippen LogP contribution in [-0.2, 0) is 0 Å². The first-order valence-electron chi connectivity index (χ1n) is 5.71. The standard InChI is InChI=1S/C14H22N4/c1-7-9-13(8-2)17-12(6)18-14(15)16-11(5)10(3)4/h7-10H,1-2,5H2,3-4,6H3,(H3,15,16,17,18)/b13-9+. The van der Waals surface area contributed by atoms with Gasteiger partial charge in [0.15, 0.2) is 5.96 Å². The van der Waals surface area contributed by atoms with E-state index in [9.17, 15) is 0 Å². The monoisotopic (exact) mass is 246 g/mol. The number of hydrogen-bond donors (Lipinski definition) is 2. The van der Waals surface area contributed by atoms with Crippen LogP contribution >= 0.6 is 0 Å². The minimum atomic E-state index is 0.275. The van der Waals surface area contributed by atoms with Gasteiger partial charge in [-0.15, -0.1) is 0 Å². The summed E-state index contributed by atoms with van der Waals surface area (Å²) in [4.78, 5) is 8.35. The van der Waals surface area contributed by atoms with Crippen LogP contribution in [0.5, 0.6) is 0 Å². The van der Waals surface area contributed by atoms with E-state index in [4.69, 9.17) is 5.73 Å². The number of nitrogens with one attached hydrogen (secondary N) is 1. The molecule has 4 nitrogen and oxygen atoms in total. The first-order valence-corrected chi connectivity index (χ1v) is 5.71. The van der Waals surface area contributed by atoms with Crippen LogP contribution in [0.25, 0.3) is 0 Å². The number of aliphatic imine (C=N–C) groups is 2. The van der Waals surface area contributed by atoms with Crippen molar-refractivity contribution in [3.05, 3.63) is 49.4 Å². The van der Waals surface area contributed by atoms with E-state index >= 15 is 0 Å². The van der Waals surface area contributed by atoms with Gasteiger partial charge in [0.25, 0.3) is 0 Å². The molecule has 0 aromatic rings. The lowest BCUT2D eigenvalue weighted by atomic mass is 10.2. The van der Waals surface area contributed by atoms with Gasteiger partial charge in [-0.2, -0.15) is 0 Å². The van der Waals surface area contributed by atoms with Crippen LogP contribution in [0.1, 0.15) is 20.8 Å². The first kappa shape index (κ1) is 15.9. The number of guanidine groups is 1. The van der Waals surface area contributed by atoms with Crippen LogP contribution in [0, 0.1) is 5.92 Å². The highest BCUT2D eigenvalue weighted by Gasteiger charge is 2.01. The van der Waals surface area contributed by atoms with E-state index < -0.39 is 0 Å². The molecule has 0 fully saturated rings. The van der Waals surface area contributed by atoms with Gasteiger partial charge in [-0.05, 0) is 25.0 Å². The SMILES string of the molecule is C=C/C=C(\C=C)N=C(C)N=C(N)NC(=C)C(C)C. The molecule has 0 radical (unpaired) electrons. The second-order valence-electron chi connectivity index (χ2n) is 3.99. The highest BCUT2D eigenvalue weighted by Crippen LogP contribution is 2.02. The van der Waals surface area contributed by atoms with Gasteiger partial charge in [-0.3, -0.25) is 0 Å². The minimum Gasteiger partial charge on any atom is -0.369 e. The summed E-state index contributed by atoms with van der Waals surface area (Å²) in [5, 5.41) is 2.92. The molecular weight excluding hydrogens is 224 g/mol. The Hall–Kier alpha value is -2.10. The maximum absolute atomic E-state index is 5.74. The Kier molecular flexibility index (Phi) is 7.12. The molecule has 0 amide bonds. The van der Waals surface area contributed by atoms with E-state index in [2.05, 4.69) is 35.0 Å². The largest absolute Gasteiger partial charge is 0.369 e. The van der Waals surface area contributed by atoms with Crippen molar-refractivity contribution < 1.29 is 0 Å². The molecule has 0 aromatic heterocycles. The van der Waals surface area contributed by atoms with Crippen molar-refractivity contribution >= 4 is 11.8 Å². The van der Waals surface area contributed by atoms with Gasteiger partial charge in [-0.1, -0.05) is 39.7 Å². The molecule has 3 N–H and O–H groups in total. The number of allylic oxidation sites excluding steroid dienone is 4. The summed E-state index contributed by atoms with van der Waals surface area (Å²) in [7, 11) is 0. The smallest absolute Gasteiger partial charge is 0.199 e. The molecule has 4 heteroatoms. The Morgan fingerprint density at radius 2 is 1.89 bits per heavy atom. The van der Waals surface area contributed by atoms with Crippen molar-refractivity contribution in [1.29, 1.82) is 0 Å². The van der Waals surface area contributed by atoms with E-state index in [-0.39, 0.29) is 5.96 Å². The Morgan fingerprint density at radius 3 is 2.33 bits per heavy atom. The van der Waals surface area contributed by atoms with E-state index in [0.29, 0.717) is 17.5 Å². The quantitative estimate of drug-likeness (QED) is 0.445. The summed E-state index contributed by atoms with van der Waals surface area (Å²) in [5.74, 6) is 1.10. The zero-order valence-electron chi connectivity index (χ0n) is 11.4. The minimum absolute atomic E-state index is 0.275. The fourth-order valence-electron chi connectivity index (χ4n) is 0.995. The zero-order valence-corrected chi connectivity index (χ0v) is 11.4. The molecule has 0 aliphatic carbocycles. The van der Waals surface area contributed by atoms with Crippen molar-refractivity contribution in [1.82, 2.24) is 5.32 Å². The van der Waals surface area contributed by atoms with Crippen molar-refractivity contribution in [2.75, 3.05) is 0 Å². The Balaban J connectivity index is 4.80. The molecule has 18 heavy (non-hydrogen) atoms. The highest BCUT2D eigenvalue weighted by atomic mass is 15.1. The third-order valence-electron chi connectivity index (χ3n) is 2.06. The molecule has 0 aliphatic heterocycles. The average Bonchev–Trinajstić information content (AvgIpc) is 2.27. The molecule has 0 aliphatic rings. The third-order valence-corrected chi connectivity index (χ3v) is 2.06. The Bertz CT molecular complexity index is 412. The molecule has 0 atom stereocenters. The number of nitrogens with zero attached hydrogens (tertiary/aromatic N) is 2. The Labute approximate surface area is 109 Å². The number of nitrogens with two attached hydrogens (primary N) is 1. The molecule has 0 bridgehead atoms. The molecule has 0 spiro atoms. The third kappa shape index (κ3) is 6.48. The average molecular weight is 246 g/mol. The van der Waals surface area contributed by atoms with E-state index in [1.54, 1.807) is 25.2 Å². The lowest BCUT2D eigenvalue weighted by Gasteiger charge is -2.11. The fraction of sp³-hybridized carbons (Fsp3) is 0.286. The number of amidine groups is 1. The van der Waals surface area contributed by atoms with Crippen LogP contribution in [0.2, 0.25) is 0 Å². The van der Waals surface area contributed by atoms with E-state index in [1.807, 2.05) is 13.8 Å². The molecule has 0 unspecified atom stereocenters. The van der Waals surface area contributed by atoms with Gasteiger partial charge < -0.3 is 11.1 Å². The summed E-state index contributed by atoms with van der Waals surface area (Å²) in [6.45, 7) is 16.9. The van der Waals surface area contributed by atoms with Crippen molar-refractivity contribution in [2.24, 2.45) is 21.6 Å². The van der Waals surface area contributed by atoms with Gasteiger partial charge in [-0.25, -0.2) is 9.98 Å². The van der Waals surface area contributed by atoms with Gasteiger partial charge >= 0.3 is 0 Å². The summed E-state index contributed by atoms with van der Waals surface area (Å²) in [5.41, 5.74) is 7.23. The number of rotatable bonds is 5. The van der Waals surface area contributed by atoms with Gasteiger partial charge in [0.2, 0.25) is 0 Å². The maximum Gasteiger partial charge on any atom is 0.199 e. The maximum atomic E-state index is 5.74. The second kappa shape index (κ2) is 8.06.